The molecule has 1 saturated heterocycles. The molecular weight excluding hydrogens is 250 g/mol. The maximum absolute atomic E-state index is 11.8. The lowest BCUT2D eigenvalue weighted by atomic mass is 10.2. The quantitative estimate of drug-likeness (QED) is 0.765. The fraction of sp³-hybridized carbons (Fsp3) is 0.182. The van der Waals surface area contributed by atoms with E-state index < -0.39 is 6.03 Å². The number of anilines is 1. The van der Waals surface area contributed by atoms with Crippen molar-refractivity contribution in [2.45, 2.75) is 6.42 Å². The molecule has 0 saturated carbocycles. The zero-order valence-corrected chi connectivity index (χ0v) is 9.74. The average Bonchev–Trinajstić information content (AvgIpc) is 2.86. The van der Waals surface area contributed by atoms with Crippen LogP contribution in [0, 0.1) is 0 Å². The van der Waals surface area contributed by atoms with Crippen LogP contribution in [-0.2, 0) is 4.79 Å². The molecule has 3 heterocycles. The van der Waals surface area contributed by atoms with Gasteiger partial charge in [0.2, 0.25) is 5.91 Å². The first kappa shape index (κ1) is 11.3. The summed E-state index contributed by atoms with van der Waals surface area (Å²) in [5.41, 5.74) is 0.851. The van der Waals surface area contributed by atoms with Crippen molar-refractivity contribution in [3.8, 4) is 0 Å². The molecule has 8 nitrogen and oxygen atoms in total. The molecule has 0 unspecified atom stereocenters. The predicted molar refractivity (Wildman–Crippen MR) is 63.9 cm³/mol. The van der Waals surface area contributed by atoms with E-state index in [1.54, 1.807) is 6.07 Å². The van der Waals surface area contributed by atoms with E-state index in [0.29, 0.717) is 23.3 Å². The van der Waals surface area contributed by atoms with Crippen molar-refractivity contribution in [2.75, 3.05) is 11.4 Å². The van der Waals surface area contributed by atoms with Crippen LogP contribution >= 0.6 is 0 Å². The SMILES string of the molecule is O=Cc1cc(N2CCC(=O)NC2=O)n2ncnc2c1. The lowest BCUT2D eigenvalue weighted by molar-refractivity contribution is -0.120. The van der Waals surface area contributed by atoms with E-state index in [4.69, 9.17) is 0 Å². The van der Waals surface area contributed by atoms with Crippen molar-refractivity contribution in [1.82, 2.24) is 19.9 Å². The summed E-state index contributed by atoms with van der Waals surface area (Å²) in [5, 5.41) is 6.23. The van der Waals surface area contributed by atoms with Crippen molar-refractivity contribution in [3.63, 3.8) is 0 Å². The molecule has 1 aliphatic heterocycles. The molecule has 19 heavy (non-hydrogen) atoms. The summed E-state index contributed by atoms with van der Waals surface area (Å²) in [5.74, 6) is 0.0877. The Morgan fingerprint density at radius 1 is 1.32 bits per heavy atom. The number of imide groups is 1. The summed E-state index contributed by atoms with van der Waals surface area (Å²) in [7, 11) is 0. The lowest BCUT2D eigenvalue weighted by Crippen LogP contribution is -2.50. The Hall–Kier alpha value is -2.77. The van der Waals surface area contributed by atoms with Crippen LogP contribution in [0.3, 0.4) is 0 Å². The van der Waals surface area contributed by atoms with Crippen LogP contribution in [0.25, 0.3) is 5.65 Å². The highest BCUT2D eigenvalue weighted by Gasteiger charge is 2.26. The van der Waals surface area contributed by atoms with E-state index in [1.807, 2.05) is 0 Å². The van der Waals surface area contributed by atoms with Gasteiger partial charge in [-0.15, -0.1) is 0 Å². The van der Waals surface area contributed by atoms with Gasteiger partial charge in [-0.1, -0.05) is 0 Å². The van der Waals surface area contributed by atoms with Gasteiger partial charge in [0.05, 0.1) is 0 Å². The number of carbonyl (C=O) groups excluding carboxylic acids is 3. The van der Waals surface area contributed by atoms with Gasteiger partial charge in [-0.05, 0) is 12.1 Å². The number of pyridine rings is 1. The molecule has 1 N–H and O–H groups in total. The molecule has 96 valence electrons. The van der Waals surface area contributed by atoms with Crippen molar-refractivity contribution < 1.29 is 14.4 Å². The molecule has 0 atom stereocenters. The van der Waals surface area contributed by atoms with Crippen LogP contribution in [0.4, 0.5) is 10.6 Å². The standard InChI is InChI=1S/C11H9N5O3/c17-5-7-3-8-12-6-13-16(8)10(4-7)15-2-1-9(18)14-11(15)19/h3-6H,1-2H2,(H,14,18,19). The van der Waals surface area contributed by atoms with Crippen molar-refractivity contribution in [2.24, 2.45) is 0 Å². The lowest BCUT2D eigenvalue weighted by Gasteiger charge is -2.26. The Morgan fingerprint density at radius 2 is 2.16 bits per heavy atom. The number of fused-ring (bicyclic) bond motifs is 1. The second-order valence-corrected chi connectivity index (χ2v) is 4.05. The molecule has 1 aliphatic rings. The van der Waals surface area contributed by atoms with Crippen LogP contribution in [-0.4, -0.2) is 39.4 Å². The topological polar surface area (TPSA) is 96.7 Å². The third kappa shape index (κ3) is 1.82. The van der Waals surface area contributed by atoms with Gasteiger partial charge in [-0.25, -0.2) is 9.78 Å². The van der Waals surface area contributed by atoms with Gasteiger partial charge in [-0.3, -0.25) is 19.8 Å². The Morgan fingerprint density at radius 3 is 2.89 bits per heavy atom. The van der Waals surface area contributed by atoms with Gasteiger partial charge < -0.3 is 0 Å². The maximum Gasteiger partial charge on any atom is 0.329 e. The summed E-state index contributed by atoms with van der Waals surface area (Å²) >= 11 is 0. The number of hydrogen-bond donors (Lipinski definition) is 1. The molecule has 3 amide bonds. The largest absolute Gasteiger partial charge is 0.329 e. The monoisotopic (exact) mass is 259 g/mol. The number of nitrogens with one attached hydrogen (secondary N) is 1. The van der Waals surface area contributed by atoms with E-state index in [1.165, 1.54) is 21.8 Å². The minimum absolute atomic E-state index is 0.202. The first-order chi connectivity index (χ1) is 9.19. The van der Waals surface area contributed by atoms with Crippen molar-refractivity contribution in [3.05, 3.63) is 24.0 Å². The highest BCUT2D eigenvalue weighted by molar-refractivity contribution is 6.05. The second kappa shape index (κ2) is 4.16. The second-order valence-electron chi connectivity index (χ2n) is 4.05. The summed E-state index contributed by atoms with van der Waals surface area (Å²) in [6, 6.07) is 2.57. The van der Waals surface area contributed by atoms with Crippen molar-refractivity contribution >= 4 is 29.7 Å². The molecule has 0 aromatic carbocycles. The maximum atomic E-state index is 11.8. The Bertz CT molecular complexity index is 693. The minimum atomic E-state index is -0.531. The van der Waals surface area contributed by atoms with Gasteiger partial charge in [0, 0.05) is 18.5 Å². The van der Waals surface area contributed by atoms with Crippen LogP contribution in [0.15, 0.2) is 18.5 Å². The summed E-state index contributed by atoms with van der Waals surface area (Å²) in [6.07, 6.45) is 2.21. The minimum Gasteiger partial charge on any atom is -0.298 e. The van der Waals surface area contributed by atoms with Gasteiger partial charge >= 0.3 is 6.03 Å². The number of urea groups is 1. The fourth-order valence-electron chi connectivity index (χ4n) is 1.97. The van der Waals surface area contributed by atoms with Crippen LogP contribution in [0.2, 0.25) is 0 Å². The molecule has 2 aromatic rings. The van der Waals surface area contributed by atoms with E-state index in [9.17, 15) is 14.4 Å². The highest BCUT2D eigenvalue weighted by Crippen LogP contribution is 2.19. The Balaban J connectivity index is 2.13. The Kier molecular flexibility index (Phi) is 2.48. The van der Waals surface area contributed by atoms with Gasteiger partial charge in [0.25, 0.3) is 0 Å². The normalized spacial score (nSPS) is 15.7. The number of rotatable bonds is 2. The molecule has 0 radical (unpaired) electrons. The molecule has 2 aromatic heterocycles. The fourth-order valence-corrected chi connectivity index (χ4v) is 1.97. The molecule has 3 rings (SSSR count). The van der Waals surface area contributed by atoms with Gasteiger partial charge in [0.15, 0.2) is 5.65 Å². The molecule has 0 bridgehead atoms. The summed E-state index contributed by atoms with van der Waals surface area (Å²) in [4.78, 5) is 39.2. The zero-order chi connectivity index (χ0) is 13.4. The third-order valence-electron chi connectivity index (χ3n) is 2.85. The van der Waals surface area contributed by atoms with E-state index in [2.05, 4.69) is 15.4 Å². The molecule has 0 spiro atoms. The smallest absolute Gasteiger partial charge is 0.298 e. The molecular formula is C11H9N5O3. The number of amides is 3. The Labute approximate surface area is 107 Å². The van der Waals surface area contributed by atoms with Crippen LogP contribution in [0.5, 0.6) is 0 Å². The average molecular weight is 259 g/mol. The number of hydrogen-bond acceptors (Lipinski definition) is 5. The summed E-state index contributed by atoms with van der Waals surface area (Å²) in [6.45, 7) is 0.238. The number of carbonyl (C=O) groups is 3. The molecule has 1 fully saturated rings. The predicted octanol–water partition coefficient (Wildman–Crippen LogP) is -0.0119. The summed E-state index contributed by atoms with van der Waals surface area (Å²) < 4.78 is 1.45. The van der Waals surface area contributed by atoms with Crippen molar-refractivity contribution in [1.29, 1.82) is 0 Å². The number of aldehydes is 1. The molecule has 8 heteroatoms. The van der Waals surface area contributed by atoms with Crippen LogP contribution < -0.4 is 10.2 Å². The van der Waals surface area contributed by atoms with Gasteiger partial charge in [-0.2, -0.15) is 9.61 Å². The zero-order valence-electron chi connectivity index (χ0n) is 9.74. The van der Waals surface area contributed by atoms with E-state index in [-0.39, 0.29) is 18.9 Å². The number of aromatic nitrogens is 3. The van der Waals surface area contributed by atoms with E-state index in [0.717, 1.165) is 0 Å². The highest BCUT2D eigenvalue weighted by atomic mass is 16.2. The first-order valence-corrected chi connectivity index (χ1v) is 5.59. The first-order valence-electron chi connectivity index (χ1n) is 5.59. The van der Waals surface area contributed by atoms with E-state index >= 15 is 0 Å². The van der Waals surface area contributed by atoms with Crippen LogP contribution in [0.1, 0.15) is 16.8 Å². The molecule has 0 aliphatic carbocycles. The number of nitrogens with zero attached hydrogens (tertiary/aromatic N) is 4. The van der Waals surface area contributed by atoms with Gasteiger partial charge in [0.1, 0.15) is 18.4 Å². The third-order valence-corrected chi connectivity index (χ3v) is 2.85.